The van der Waals surface area contributed by atoms with Crippen LogP contribution in [0.3, 0.4) is 0 Å². The maximum Gasteiger partial charge on any atom is 0.228 e. The molecule has 0 radical (unpaired) electrons. The van der Waals surface area contributed by atoms with Gasteiger partial charge in [-0.2, -0.15) is 5.10 Å². The number of amides is 1. The number of anilines is 1. The number of benzene rings is 1. The van der Waals surface area contributed by atoms with Gasteiger partial charge in [-0.1, -0.05) is 11.6 Å². The molecule has 0 spiro atoms. The molecular formula is C19H20ClN5O2. The van der Waals surface area contributed by atoms with E-state index in [-0.39, 0.29) is 22.6 Å². The van der Waals surface area contributed by atoms with Gasteiger partial charge in [0.2, 0.25) is 5.91 Å². The summed E-state index contributed by atoms with van der Waals surface area (Å²) in [6, 6.07) is 8.64. The smallest absolute Gasteiger partial charge is 0.228 e. The van der Waals surface area contributed by atoms with Crippen molar-refractivity contribution >= 4 is 34.4 Å². The Morgan fingerprint density at radius 1 is 1.30 bits per heavy atom. The molecule has 0 unspecified atom stereocenters. The molecule has 1 aliphatic heterocycles. The summed E-state index contributed by atoms with van der Waals surface area (Å²) in [5.41, 5.74) is 2.06. The lowest BCUT2D eigenvalue weighted by molar-refractivity contribution is -0.121. The van der Waals surface area contributed by atoms with E-state index >= 15 is 0 Å². The Bertz CT molecular complexity index is 995. The molecule has 3 aromatic rings. The molecule has 1 aliphatic rings. The molecule has 1 aromatic carbocycles. The summed E-state index contributed by atoms with van der Waals surface area (Å²) in [6.45, 7) is 1.86. The number of nitrogens with zero attached hydrogens (tertiary/aromatic N) is 3. The van der Waals surface area contributed by atoms with Gasteiger partial charge < -0.3 is 15.3 Å². The number of pyridine rings is 1. The van der Waals surface area contributed by atoms with Crippen molar-refractivity contribution in [2.45, 2.75) is 12.8 Å². The fourth-order valence-corrected chi connectivity index (χ4v) is 3.50. The van der Waals surface area contributed by atoms with Gasteiger partial charge in [-0.3, -0.25) is 9.89 Å². The van der Waals surface area contributed by atoms with E-state index < -0.39 is 0 Å². The van der Waals surface area contributed by atoms with Gasteiger partial charge in [0.1, 0.15) is 5.75 Å². The van der Waals surface area contributed by atoms with Crippen molar-refractivity contribution in [3.05, 3.63) is 35.4 Å². The fraction of sp³-hybridized carbons (Fsp3) is 0.316. The SMILES string of the molecule is CN1CCC(C(=O)Nc2n[nH]c3nc(-c4ccc(O)c(Cl)c4)ccc23)CC1. The van der Waals surface area contributed by atoms with Crippen molar-refractivity contribution in [2.24, 2.45) is 5.92 Å². The third-order valence-electron chi connectivity index (χ3n) is 5.00. The molecule has 3 N–H and O–H groups in total. The van der Waals surface area contributed by atoms with E-state index in [9.17, 15) is 9.90 Å². The molecule has 0 aliphatic carbocycles. The third kappa shape index (κ3) is 3.61. The highest BCUT2D eigenvalue weighted by Gasteiger charge is 2.24. The number of piperidine rings is 1. The Morgan fingerprint density at radius 3 is 2.81 bits per heavy atom. The Hall–Kier alpha value is -2.64. The Labute approximate surface area is 161 Å². The first-order valence-electron chi connectivity index (χ1n) is 8.84. The average molecular weight is 386 g/mol. The number of H-pyrrole nitrogens is 1. The van der Waals surface area contributed by atoms with Crippen LogP contribution in [-0.2, 0) is 4.79 Å². The van der Waals surface area contributed by atoms with Crippen molar-refractivity contribution in [1.82, 2.24) is 20.1 Å². The van der Waals surface area contributed by atoms with Crippen LogP contribution in [0.2, 0.25) is 5.02 Å². The third-order valence-corrected chi connectivity index (χ3v) is 5.30. The van der Waals surface area contributed by atoms with E-state index in [2.05, 4.69) is 32.4 Å². The molecular weight excluding hydrogens is 366 g/mol. The van der Waals surface area contributed by atoms with Crippen molar-refractivity contribution in [2.75, 3.05) is 25.5 Å². The van der Waals surface area contributed by atoms with E-state index in [1.165, 1.54) is 6.07 Å². The topological polar surface area (TPSA) is 94.1 Å². The van der Waals surface area contributed by atoms with Crippen LogP contribution in [0.25, 0.3) is 22.3 Å². The zero-order valence-corrected chi connectivity index (χ0v) is 15.6. The maximum absolute atomic E-state index is 12.5. The van der Waals surface area contributed by atoms with Crippen molar-refractivity contribution in [3.8, 4) is 17.0 Å². The van der Waals surface area contributed by atoms with Crippen LogP contribution in [0.5, 0.6) is 5.75 Å². The number of aromatic nitrogens is 3. The molecule has 0 bridgehead atoms. The molecule has 8 heteroatoms. The number of phenolic OH excluding ortho intramolecular Hbond substituents is 1. The van der Waals surface area contributed by atoms with Crippen molar-refractivity contribution in [3.63, 3.8) is 0 Å². The molecule has 1 amide bonds. The summed E-state index contributed by atoms with van der Waals surface area (Å²) in [6.07, 6.45) is 1.71. The summed E-state index contributed by atoms with van der Waals surface area (Å²) in [7, 11) is 2.07. The Kier molecular flexibility index (Phi) is 4.72. The number of nitrogens with one attached hydrogen (secondary N) is 2. The number of likely N-dealkylation sites (tertiary alicyclic amines) is 1. The van der Waals surface area contributed by atoms with Crippen LogP contribution in [0.15, 0.2) is 30.3 Å². The van der Waals surface area contributed by atoms with E-state index in [0.29, 0.717) is 17.2 Å². The maximum atomic E-state index is 12.5. The molecule has 3 heterocycles. The molecule has 4 rings (SSSR count). The van der Waals surface area contributed by atoms with Crippen LogP contribution in [0, 0.1) is 5.92 Å². The summed E-state index contributed by atoms with van der Waals surface area (Å²) in [5, 5.41) is 20.6. The second-order valence-electron chi connectivity index (χ2n) is 6.90. The normalized spacial score (nSPS) is 15.9. The number of carbonyl (C=O) groups excluding carboxylic acids is 1. The van der Waals surface area contributed by atoms with Crippen molar-refractivity contribution in [1.29, 1.82) is 0 Å². The lowest BCUT2D eigenvalue weighted by Gasteiger charge is -2.27. The average Bonchev–Trinajstić information content (AvgIpc) is 3.06. The summed E-state index contributed by atoms with van der Waals surface area (Å²) in [5.74, 6) is 0.545. The first-order valence-corrected chi connectivity index (χ1v) is 9.22. The number of hydrogen-bond donors (Lipinski definition) is 3. The van der Waals surface area contributed by atoms with Gasteiger partial charge in [0, 0.05) is 11.5 Å². The predicted octanol–water partition coefficient (Wildman–Crippen LogP) is 3.26. The molecule has 7 nitrogen and oxygen atoms in total. The van der Waals surface area contributed by atoms with Gasteiger partial charge in [-0.05, 0) is 63.3 Å². The van der Waals surface area contributed by atoms with Crippen LogP contribution >= 0.6 is 11.6 Å². The number of carbonyl (C=O) groups is 1. The van der Waals surface area contributed by atoms with Gasteiger partial charge in [0.25, 0.3) is 0 Å². The summed E-state index contributed by atoms with van der Waals surface area (Å²) < 4.78 is 0. The lowest BCUT2D eigenvalue weighted by atomic mass is 9.96. The first-order chi connectivity index (χ1) is 13.0. The van der Waals surface area contributed by atoms with E-state index in [1.807, 2.05) is 12.1 Å². The monoisotopic (exact) mass is 385 g/mol. The molecule has 27 heavy (non-hydrogen) atoms. The Morgan fingerprint density at radius 2 is 2.07 bits per heavy atom. The number of aromatic amines is 1. The second-order valence-corrected chi connectivity index (χ2v) is 7.31. The number of halogens is 1. The number of phenols is 1. The van der Waals surface area contributed by atoms with E-state index in [1.54, 1.807) is 12.1 Å². The van der Waals surface area contributed by atoms with Gasteiger partial charge >= 0.3 is 0 Å². The minimum absolute atomic E-state index is 0.00546. The summed E-state index contributed by atoms with van der Waals surface area (Å²) >= 11 is 5.98. The fourth-order valence-electron chi connectivity index (χ4n) is 3.32. The zero-order chi connectivity index (χ0) is 19.0. The van der Waals surface area contributed by atoms with Crippen LogP contribution in [0.1, 0.15) is 12.8 Å². The van der Waals surface area contributed by atoms with Gasteiger partial charge in [0.15, 0.2) is 11.5 Å². The number of rotatable bonds is 3. The van der Waals surface area contributed by atoms with Gasteiger partial charge in [0.05, 0.1) is 16.1 Å². The van der Waals surface area contributed by atoms with E-state index in [0.717, 1.165) is 36.9 Å². The Balaban J connectivity index is 1.55. The van der Waals surface area contributed by atoms with Gasteiger partial charge in [-0.15, -0.1) is 0 Å². The minimum Gasteiger partial charge on any atom is -0.506 e. The molecule has 140 valence electrons. The summed E-state index contributed by atoms with van der Waals surface area (Å²) in [4.78, 5) is 19.3. The highest BCUT2D eigenvalue weighted by Crippen LogP contribution is 2.30. The highest BCUT2D eigenvalue weighted by atomic mass is 35.5. The molecule has 2 aromatic heterocycles. The predicted molar refractivity (Wildman–Crippen MR) is 105 cm³/mol. The second kappa shape index (κ2) is 7.17. The molecule has 1 saturated heterocycles. The van der Waals surface area contributed by atoms with Gasteiger partial charge in [-0.25, -0.2) is 4.98 Å². The quantitative estimate of drug-likeness (QED) is 0.643. The van der Waals surface area contributed by atoms with Crippen LogP contribution in [-0.4, -0.2) is 51.2 Å². The largest absolute Gasteiger partial charge is 0.506 e. The number of hydrogen-bond acceptors (Lipinski definition) is 5. The molecule has 1 fully saturated rings. The highest BCUT2D eigenvalue weighted by molar-refractivity contribution is 6.32. The standard InChI is InChI=1S/C19H20ClN5O2/c1-25-8-6-11(7-9-25)19(27)22-18-13-3-4-15(21-17(13)23-24-18)12-2-5-16(26)14(20)10-12/h2-5,10-11,26H,6-9H2,1H3,(H2,21,22,23,24,27). The number of aromatic hydroxyl groups is 1. The van der Waals surface area contributed by atoms with E-state index in [4.69, 9.17) is 11.6 Å². The number of fused-ring (bicyclic) bond motifs is 1. The minimum atomic E-state index is 0.00546. The lowest BCUT2D eigenvalue weighted by Crippen LogP contribution is -2.36. The van der Waals surface area contributed by atoms with Crippen LogP contribution < -0.4 is 5.32 Å². The first kappa shape index (κ1) is 17.8. The molecule has 0 atom stereocenters. The molecule has 0 saturated carbocycles. The zero-order valence-electron chi connectivity index (χ0n) is 14.9. The van der Waals surface area contributed by atoms with Crippen molar-refractivity contribution < 1.29 is 9.90 Å². The van der Waals surface area contributed by atoms with Crippen LogP contribution in [0.4, 0.5) is 5.82 Å².